The molecule has 1 heterocycles. The highest BCUT2D eigenvalue weighted by molar-refractivity contribution is 7.98. The summed E-state index contributed by atoms with van der Waals surface area (Å²) in [7, 11) is 0. The standard InChI is InChI=1S/C13H14ClN3S/c1-2-15-12-7-8-16-13(17-12)9-18-11-5-3-10(14)4-6-11/h3-8H,2,9H2,1H3,(H,15,16,17). The lowest BCUT2D eigenvalue weighted by atomic mass is 10.4. The van der Waals surface area contributed by atoms with E-state index < -0.39 is 0 Å². The van der Waals surface area contributed by atoms with E-state index in [2.05, 4.69) is 15.3 Å². The first-order chi connectivity index (χ1) is 8.78. The highest BCUT2D eigenvalue weighted by Gasteiger charge is 2.00. The van der Waals surface area contributed by atoms with Gasteiger partial charge < -0.3 is 5.32 Å². The molecule has 0 bridgehead atoms. The molecule has 1 aromatic heterocycles. The Labute approximate surface area is 116 Å². The predicted molar refractivity (Wildman–Crippen MR) is 77.2 cm³/mol. The number of aromatic nitrogens is 2. The van der Waals surface area contributed by atoms with Crippen LogP contribution in [0.2, 0.25) is 5.02 Å². The number of hydrogen-bond donors (Lipinski definition) is 1. The molecule has 3 nitrogen and oxygen atoms in total. The molecule has 1 aromatic carbocycles. The molecule has 0 amide bonds. The van der Waals surface area contributed by atoms with Gasteiger partial charge in [0.25, 0.3) is 0 Å². The predicted octanol–water partition coefficient (Wildman–Crippen LogP) is 3.85. The average Bonchev–Trinajstić information content (AvgIpc) is 2.39. The molecular weight excluding hydrogens is 266 g/mol. The summed E-state index contributed by atoms with van der Waals surface area (Å²) in [6.07, 6.45) is 1.78. The van der Waals surface area contributed by atoms with E-state index in [1.54, 1.807) is 18.0 Å². The number of halogens is 1. The number of nitrogens with one attached hydrogen (secondary N) is 1. The summed E-state index contributed by atoms with van der Waals surface area (Å²) >= 11 is 7.54. The smallest absolute Gasteiger partial charge is 0.140 e. The van der Waals surface area contributed by atoms with Gasteiger partial charge in [-0.3, -0.25) is 0 Å². The summed E-state index contributed by atoms with van der Waals surface area (Å²) in [6.45, 7) is 2.91. The van der Waals surface area contributed by atoms with Crippen molar-refractivity contribution in [3.05, 3.63) is 47.4 Å². The Morgan fingerprint density at radius 3 is 2.72 bits per heavy atom. The van der Waals surface area contributed by atoms with E-state index in [0.29, 0.717) is 0 Å². The third-order valence-corrected chi connectivity index (χ3v) is 3.50. The van der Waals surface area contributed by atoms with E-state index in [1.807, 2.05) is 37.3 Å². The van der Waals surface area contributed by atoms with Gasteiger partial charge in [0.05, 0.1) is 5.75 Å². The summed E-state index contributed by atoms with van der Waals surface area (Å²) in [5.41, 5.74) is 0. The van der Waals surface area contributed by atoms with Crippen LogP contribution in [0.4, 0.5) is 5.82 Å². The van der Waals surface area contributed by atoms with Crippen LogP contribution in [0.5, 0.6) is 0 Å². The van der Waals surface area contributed by atoms with E-state index in [9.17, 15) is 0 Å². The van der Waals surface area contributed by atoms with E-state index in [-0.39, 0.29) is 0 Å². The van der Waals surface area contributed by atoms with Gasteiger partial charge in [-0.15, -0.1) is 11.8 Å². The molecule has 0 saturated heterocycles. The van der Waals surface area contributed by atoms with Gasteiger partial charge in [0.2, 0.25) is 0 Å². The second-order valence-electron chi connectivity index (χ2n) is 3.63. The lowest BCUT2D eigenvalue weighted by molar-refractivity contribution is 1.02. The molecule has 0 saturated carbocycles. The molecule has 18 heavy (non-hydrogen) atoms. The summed E-state index contributed by atoms with van der Waals surface area (Å²) in [6, 6.07) is 9.65. The van der Waals surface area contributed by atoms with Crippen molar-refractivity contribution < 1.29 is 0 Å². The van der Waals surface area contributed by atoms with Crippen molar-refractivity contribution in [2.45, 2.75) is 17.6 Å². The minimum atomic E-state index is 0.751. The summed E-state index contributed by atoms with van der Waals surface area (Å²) in [4.78, 5) is 9.85. The normalized spacial score (nSPS) is 10.3. The first-order valence-electron chi connectivity index (χ1n) is 5.72. The number of anilines is 1. The molecule has 94 valence electrons. The van der Waals surface area contributed by atoms with Crippen LogP contribution in [0.1, 0.15) is 12.7 Å². The zero-order valence-corrected chi connectivity index (χ0v) is 11.6. The number of benzene rings is 1. The van der Waals surface area contributed by atoms with Crippen LogP contribution in [0, 0.1) is 0 Å². The van der Waals surface area contributed by atoms with Gasteiger partial charge in [0.15, 0.2) is 0 Å². The monoisotopic (exact) mass is 279 g/mol. The number of nitrogens with zero attached hydrogens (tertiary/aromatic N) is 2. The molecule has 1 N–H and O–H groups in total. The maximum atomic E-state index is 5.84. The summed E-state index contributed by atoms with van der Waals surface area (Å²) < 4.78 is 0. The highest BCUT2D eigenvalue weighted by atomic mass is 35.5. The number of hydrogen-bond acceptors (Lipinski definition) is 4. The van der Waals surface area contributed by atoms with Crippen molar-refractivity contribution in [3.63, 3.8) is 0 Å². The maximum Gasteiger partial charge on any atom is 0.140 e. The van der Waals surface area contributed by atoms with E-state index >= 15 is 0 Å². The molecule has 2 aromatic rings. The Hall–Kier alpha value is -1.26. The molecule has 0 atom stereocenters. The van der Waals surface area contributed by atoms with Crippen LogP contribution >= 0.6 is 23.4 Å². The zero-order chi connectivity index (χ0) is 12.8. The van der Waals surface area contributed by atoms with Gasteiger partial charge in [0.1, 0.15) is 11.6 Å². The summed E-state index contributed by atoms with van der Waals surface area (Å²) in [5.74, 6) is 2.45. The van der Waals surface area contributed by atoms with Gasteiger partial charge >= 0.3 is 0 Å². The van der Waals surface area contributed by atoms with E-state index in [0.717, 1.165) is 33.9 Å². The van der Waals surface area contributed by atoms with Gasteiger partial charge in [-0.2, -0.15) is 0 Å². The van der Waals surface area contributed by atoms with Crippen molar-refractivity contribution in [2.75, 3.05) is 11.9 Å². The quantitative estimate of drug-likeness (QED) is 0.844. The number of rotatable bonds is 5. The molecule has 0 fully saturated rings. The molecule has 0 aliphatic carbocycles. The minimum absolute atomic E-state index is 0.751. The lowest BCUT2D eigenvalue weighted by Gasteiger charge is -2.04. The number of thioether (sulfide) groups is 1. The maximum absolute atomic E-state index is 5.84. The zero-order valence-electron chi connectivity index (χ0n) is 10.1. The second-order valence-corrected chi connectivity index (χ2v) is 5.12. The second kappa shape index (κ2) is 6.61. The Morgan fingerprint density at radius 2 is 2.00 bits per heavy atom. The van der Waals surface area contributed by atoms with Crippen LogP contribution in [-0.2, 0) is 5.75 Å². The fourth-order valence-corrected chi connectivity index (χ4v) is 2.32. The third kappa shape index (κ3) is 3.89. The van der Waals surface area contributed by atoms with Gasteiger partial charge in [-0.1, -0.05) is 11.6 Å². The Balaban J connectivity index is 1.97. The van der Waals surface area contributed by atoms with Crippen molar-refractivity contribution in [3.8, 4) is 0 Å². The van der Waals surface area contributed by atoms with Crippen molar-refractivity contribution in [2.24, 2.45) is 0 Å². The van der Waals surface area contributed by atoms with Crippen LogP contribution in [0.3, 0.4) is 0 Å². The Kier molecular flexibility index (Phi) is 4.84. The van der Waals surface area contributed by atoms with Gasteiger partial charge in [0, 0.05) is 22.7 Å². The minimum Gasteiger partial charge on any atom is -0.370 e. The highest BCUT2D eigenvalue weighted by Crippen LogP contribution is 2.23. The molecule has 5 heteroatoms. The first-order valence-corrected chi connectivity index (χ1v) is 7.08. The van der Waals surface area contributed by atoms with Crippen molar-refractivity contribution in [1.29, 1.82) is 0 Å². The van der Waals surface area contributed by atoms with Crippen LogP contribution in [0.15, 0.2) is 41.4 Å². The largest absolute Gasteiger partial charge is 0.370 e. The van der Waals surface area contributed by atoms with Gasteiger partial charge in [-0.25, -0.2) is 9.97 Å². The van der Waals surface area contributed by atoms with E-state index in [4.69, 9.17) is 11.6 Å². The third-order valence-electron chi connectivity index (χ3n) is 2.24. The van der Waals surface area contributed by atoms with Crippen LogP contribution in [-0.4, -0.2) is 16.5 Å². The average molecular weight is 280 g/mol. The SMILES string of the molecule is CCNc1ccnc(CSc2ccc(Cl)cc2)n1. The summed E-state index contributed by atoms with van der Waals surface area (Å²) in [5, 5.41) is 3.93. The van der Waals surface area contributed by atoms with Crippen LogP contribution in [0.25, 0.3) is 0 Å². The molecule has 0 spiro atoms. The molecular formula is C13H14ClN3S. The molecule has 2 rings (SSSR count). The van der Waals surface area contributed by atoms with Crippen molar-refractivity contribution in [1.82, 2.24) is 9.97 Å². The first kappa shape index (κ1) is 13.2. The van der Waals surface area contributed by atoms with Crippen molar-refractivity contribution >= 4 is 29.2 Å². The molecule has 0 unspecified atom stereocenters. The topological polar surface area (TPSA) is 37.8 Å². The molecule has 0 aliphatic heterocycles. The van der Waals surface area contributed by atoms with Gasteiger partial charge in [-0.05, 0) is 37.3 Å². The fraction of sp³-hybridized carbons (Fsp3) is 0.231. The molecule has 0 aliphatic rings. The fourth-order valence-electron chi connectivity index (χ4n) is 1.43. The Bertz CT molecular complexity index is 502. The molecule has 0 radical (unpaired) electrons. The van der Waals surface area contributed by atoms with Crippen LogP contribution < -0.4 is 5.32 Å². The Morgan fingerprint density at radius 1 is 1.22 bits per heavy atom. The van der Waals surface area contributed by atoms with E-state index in [1.165, 1.54) is 0 Å². The lowest BCUT2D eigenvalue weighted by Crippen LogP contribution is -2.02.